The van der Waals surface area contributed by atoms with E-state index in [2.05, 4.69) is 37.5 Å². The first kappa shape index (κ1) is 16.1. The van der Waals surface area contributed by atoms with Crippen LogP contribution in [0.3, 0.4) is 0 Å². The third-order valence-corrected chi connectivity index (χ3v) is 5.14. The van der Waals surface area contributed by atoms with Gasteiger partial charge in [0.05, 0.1) is 6.04 Å². The number of alkyl halides is 1. The van der Waals surface area contributed by atoms with Gasteiger partial charge in [-0.3, -0.25) is 9.11 Å². The average molecular weight is 365 g/mol. The van der Waals surface area contributed by atoms with Gasteiger partial charge in [-0.05, 0) is 41.2 Å². The first-order valence-electron chi connectivity index (χ1n) is 6.38. The zero-order valence-electron chi connectivity index (χ0n) is 11.5. The molecule has 1 aliphatic carbocycles. The first-order valence-corrected chi connectivity index (χ1v) is 8.25. The molecule has 0 aromatic carbocycles. The molecule has 1 fully saturated rings. The van der Waals surface area contributed by atoms with Crippen LogP contribution < -0.4 is 4.72 Å². The minimum atomic E-state index is -2.32. The van der Waals surface area contributed by atoms with Crippen LogP contribution in [0.4, 0.5) is 0 Å². The van der Waals surface area contributed by atoms with Crippen LogP contribution in [0.15, 0.2) is 23.9 Å². The monoisotopic (exact) mass is 364 g/mol. The van der Waals surface area contributed by atoms with Crippen LogP contribution in [0.2, 0.25) is 0 Å². The van der Waals surface area contributed by atoms with E-state index in [1.54, 1.807) is 13.2 Å². The number of halogens is 1. The Morgan fingerprint density at radius 3 is 2.70 bits per heavy atom. The van der Waals surface area contributed by atoms with Crippen LogP contribution in [0.1, 0.15) is 0 Å². The van der Waals surface area contributed by atoms with Crippen molar-refractivity contribution in [3.05, 3.63) is 23.9 Å². The molecule has 1 N–H and O–H groups in total. The predicted molar refractivity (Wildman–Crippen MR) is 80.8 cm³/mol. The summed E-state index contributed by atoms with van der Waals surface area (Å²) in [5.41, 5.74) is 0.564. The number of piperazine rings is 1. The Labute approximate surface area is 130 Å². The number of hydrogen-bond donors (Lipinski definition) is 1. The summed E-state index contributed by atoms with van der Waals surface area (Å²) in [7, 11) is 3.74. The third kappa shape index (κ3) is 3.69. The lowest BCUT2D eigenvalue weighted by Gasteiger charge is -2.44. The van der Waals surface area contributed by atoms with Crippen molar-refractivity contribution in [1.29, 1.82) is 0 Å². The zero-order chi connectivity index (χ0) is 14.8. The highest BCUT2D eigenvalue weighted by atomic mass is 79.9. The van der Waals surface area contributed by atoms with Crippen molar-refractivity contribution in [3.8, 4) is 0 Å². The Morgan fingerprint density at radius 1 is 1.50 bits per heavy atom. The molecule has 0 spiro atoms. The number of likely N-dealkylation sites (N-methyl/N-ethyl adjacent to an activating group) is 1. The molecule has 20 heavy (non-hydrogen) atoms. The summed E-state index contributed by atoms with van der Waals surface area (Å²) in [6, 6.07) is -0.0581. The highest BCUT2D eigenvalue weighted by molar-refractivity contribution is 9.10. The Hall–Kier alpha value is -0.250. The summed E-state index contributed by atoms with van der Waals surface area (Å²) >= 11 is 1.30. The molecule has 0 radical (unpaired) electrons. The topological polar surface area (TPSA) is 67.9 Å². The van der Waals surface area contributed by atoms with Gasteiger partial charge in [-0.15, -0.1) is 0 Å². The van der Waals surface area contributed by atoms with Crippen molar-refractivity contribution < 1.29 is 13.5 Å². The number of allylic oxidation sites excluding steroid dienone is 1. The molecule has 1 aliphatic heterocycles. The van der Waals surface area contributed by atoms with Gasteiger partial charge in [0, 0.05) is 50.3 Å². The standard InChI is InChI=1S/C12H20BrN3O3S/c1-15-5-7-16(8-6-15)11-9-10(14-20(17)18)3-4-12(11,13)19-2/h3-4,9,11,14H,5-8H2,1-2H3,(H,17,18)/p-1. The van der Waals surface area contributed by atoms with E-state index in [1.807, 2.05) is 12.2 Å². The van der Waals surface area contributed by atoms with Crippen LogP contribution >= 0.6 is 15.9 Å². The third-order valence-electron chi connectivity index (χ3n) is 3.68. The zero-order valence-corrected chi connectivity index (χ0v) is 13.9. The molecule has 0 bridgehead atoms. The molecular formula is C12H19BrN3O3S-. The summed E-state index contributed by atoms with van der Waals surface area (Å²) in [5, 5.41) is 0. The second-order valence-electron chi connectivity index (χ2n) is 4.98. The molecule has 8 heteroatoms. The van der Waals surface area contributed by atoms with Gasteiger partial charge >= 0.3 is 0 Å². The van der Waals surface area contributed by atoms with E-state index in [0.29, 0.717) is 5.70 Å². The molecule has 1 saturated heterocycles. The molecule has 3 atom stereocenters. The highest BCUT2D eigenvalue weighted by Gasteiger charge is 2.39. The van der Waals surface area contributed by atoms with E-state index in [1.165, 1.54) is 0 Å². The van der Waals surface area contributed by atoms with E-state index in [4.69, 9.17) is 4.74 Å². The Bertz CT molecular complexity index is 438. The van der Waals surface area contributed by atoms with E-state index >= 15 is 0 Å². The number of nitrogens with one attached hydrogen (secondary N) is 1. The lowest BCUT2D eigenvalue weighted by Crippen LogP contribution is -2.56. The lowest BCUT2D eigenvalue weighted by molar-refractivity contribution is 0.0235. The minimum Gasteiger partial charge on any atom is -0.755 e. The number of ether oxygens (including phenoxy) is 1. The van der Waals surface area contributed by atoms with Crippen LogP contribution in [0, 0.1) is 0 Å². The molecule has 2 aliphatic rings. The molecule has 6 nitrogen and oxygen atoms in total. The fourth-order valence-corrected chi connectivity index (χ4v) is 3.33. The van der Waals surface area contributed by atoms with E-state index in [0.717, 1.165) is 26.2 Å². The summed E-state index contributed by atoms with van der Waals surface area (Å²) in [4.78, 5) is 4.56. The smallest absolute Gasteiger partial charge is 0.160 e. The number of nitrogens with zero attached hydrogens (tertiary/aromatic N) is 2. The van der Waals surface area contributed by atoms with Crippen LogP contribution in [-0.4, -0.2) is 69.5 Å². The number of hydrogen-bond acceptors (Lipinski definition) is 5. The van der Waals surface area contributed by atoms with Crippen LogP contribution in [0.25, 0.3) is 0 Å². The van der Waals surface area contributed by atoms with Crippen molar-refractivity contribution in [2.24, 2.45) is 0 Å². The maximum absolute atomic E-state index is 10.8. The molecule has 114 valence electrons. The summed E-state index contributed by atoms with van der Waals surface area (Å²) in [6.45, 7) is 3.79. The summed E-state index contributed by atoms with van der Waals surface area (Å²) < 4.78 is 28.9. The van der Waals surface area contributed by atoms with Gasteiger partial charge in [0.1, 0.15) is 0 Å². The van der Waals surface area contributed by atoms with Crippen molar-refractivity contribution in [3.63, 3.8) is 0 Å². The molecule has 0 amide bonds. The second kappa shape index (κ2) is 6.67. The maximum atomic E-state index is 10.8. The average Bonchev–Trinajstić information content (AvgIpc) is 2.42. The molecule has 0 saturated carbocycles. The van der Waals surface area contributed by atoms with E-state index in [9.17, 15) is 8.76 Å². The minimum absolute atomic E-state index is 0.0581. The molecule has 0 aromatic heterocycles. The van der Waals surface area contributed by atoms with Gasteiger partial charge in [-0.1, -0.05) is 0 Å². The predicted octanol–water partition coefficient (Wildman–Crippen LogP) is 0.177. The Kier molecular flexibility index (Phi) is 5.38. The molecular weight excluding hydrogens is 346 g/mol. The maximum Gasteiger partial charge on any atom is 0.160 e. The van der Waals surface area contributed by atoms with Crippen molar-refractivity contribution in [2.75, 3.05) is 40.3 Å². The van der Waals surface area contributed by atoms with Gasteiger partial charge in [0.15, 0.2) is 4.51 Å². The van der Waals surface area contributed by atoms with Gasteiger partial charge in [-0.2, -0.15) is 0 Å². The summed E-state index contributed by atoms with van der Waals surface area (Å²) in [5.74, 6) is 0. The largest absolute Gasteiger partial charge is 0.755 e. The van der Waals surface area contributed by atoms with Crippen molar-refractivity contribution in [1.82, 2.24) is 14.5 Å². The Balaban J connectivity index is 2.18. The molecule has 2 rings (SSSR count). The molecule has 3 unspecified atom stereocenters. The molecule has 0 aromatic rings. The SMILES string of the molecule is COC1(Br)C=CC(NS(=O)[O-])=CC1N1CCN(C)CC1. The van der Waals surface area contributed by atoms with Gasteiger partial charge in [0.25, 0.3) is 0 Å². The van der Waals surface area contributed by atoms with Gasteiger partial charge in [0.2, 0.25) is 0 Å². The summed E-state index contributed by atoms with van der Waals surface area (Å²) in [6.07, 6.45) is 5.44. The van der Waals surface area contributed by atoms with E-state index in [-0.39, 0.29) is 6.04 Å². The first-order chi connectivity index (χ1) is 9.44. The number of methoxy groups -OCH3 is 1. The second-order valence-corrected chi connectivity index (χ2v) is 6.89. The van der Waals surface area contributed by atoms with Crippen molar-refractivity contribution >= 4 is 27.2 Å². The number of rotatable bonds is 4. The Morgan fingerprint density at radius 2 is 2.15 bits per heavy atom. The fraction of sp³-hybridized carbons (Fsp3) is 0.667. The van der Waals surface area contributed by atoms with Gasteiger partial charge in [-0.25, -0.2) is 0 Å². The van der Waals surface area contributed by atoms with Crippen LogP contribution in [-0.2, 0) is 16.0 Å². The lowest BCUT2D eigenvalue weighted by atomic mass is 10.0. The quantitative estimate of drug-likeness (QED) is 0.569. The normalized spacial score (nSPS) is 33.8. The van der Waals surface area contributed by atoms with Crippen LogP contribution in [0.5, 0.6) is 0 Å². The molecule has 1 heterocycles. The van der Waals surface area contributed by atoms with Gasteiger partial charge < -0.3 is 18.9 Å². The highest BCUT2D eigenvalue weighted by Crippen LogP contribution is 2.34. The van der Waals surface area contributed by atoms with Crippen molar-refractivity contribution in [2.45, 2.75) is 10.6 Å². The fourth-order valence-electron chi connectivity index (χ4n) is 2.45. The van der Waals surface area contributed by atoms with E-state index < -0.39 is 15.8 Å².